The van der Waals surface area contributed by atoms with Gasteiger partial charge < -0.3 is 15.9 Å². The van der Waals surface area contributed by atoms with E-state index in [0.29, 0.717) is 38.8 Å². The van der Waals surface area contributed by atoms with Crippen molar-refractivity contribution in [1.82, 2.24) is 0 Å². The number of hydrogen-bond donors (Lipinski definition) is 3. The number of halogens is 3. The molecule has 6 heteroatoms. The number of hydrogen-bond acceptors (Lipinski definition) is 3. The minimum atomic E-state index is -0.984. The summed E-state index contributed by atoms with van der Waals surface area (Å²) in [6, 6.07) is 8.52. The van der Waals surface area contributed by atoms with Gasteiger partial charge in [-0.2, -0.15) is 0 Å². The molecule has 0 amide bonds. The molecule has 0 fully saturated rings. The highest BCUT2D eigenvalue weighted by Gasteiger charge is 2.19. The molecule has 2 aromatic rings. The van der Waals surface area contributed by atoms with Crippen LogP contribution in [0.25, 0.3) is 0 Å². The molecule has 0 aromatic heterocycles. The lowest BCUT2D eigenvalue weighted by Crippen LogP contribution is -2.08. The Morgan fingerprint density at radius 3 is 2.48 bits per heavy atom. The van der Waals surface area contributed by atoms with Gasteiger partial charge in [0.2, 0.25) is 0 Å². The standard InChI is InChI=1S/C15H14BrCl2NO2/c16-9-1-2-11(13(18)6-9)15(21)12-7-10(17)5-8(3-4-20)14(12)19/h1-2,5-7,15,20-21H,3-4,19H2. The van der Waals surface area contributed by atoms with Crippen molar-refractivity contribution >= 4 is 44.8 Å². The van der Waals surface area contributed by atoms with Gasteiger partial charge in [0.25, 0.3) is 0 Å². The SMILES string of the molecule is Nc1c(CCO)cc(Cl)cc1C(O)c1ccc(Br)cc1Cl. The first-order chi connectivity index (χ1) is 9.93. The van der Waals surface area contributed by atoms with E-state index in [4.69, 9.17) is 34.0 Å². The van der Waals surface area contributed by atoms with Crippen molar-refractivity contribution < 1.29 is 10.2 Å². The molecule has 112 valence electrons. The number of rotatable bonds is 4. The molecule has 2 aromatic carbocycles. The fourth-order valence-electron chi connectivity index (χ4n) is 2.14. The van der Waals surface area contributed by atoms with Gasteiger partial charge in [0.05, 0.1) is 0 Å². The predicted octanol–water partition coefficient (Wildman–Crippen LogP) is 3.95. The molecule has 1 atom stereocenters. The molecule has 4 N–H and O–H groups in total. The van der Waals surface area contributed by atoms with Crippen LogP contribution in [0.2, 0.25) is 10.0 Å². The summed E-state index contributed by atoms with van der Waals surface area (Å²) in [5.74, 6) is 0. The third kappa shape index (κ3) is 3.71. The van der Waals surface area contributed by atoms with Crippen molar-refractivity contribution in [3.63, 3.8) is 0 Å². The molecule has 0 saturated heterocycles. The Labute approximate surface area is 141 Å². The van der Waals surface area contributed by atoms with E-state index in [0.717, 1.165) is 4.47 Å². The lowest BCUT2D eigenvalue weighted by Gasteiger charge is -2.18. The Morgan fingerprint density at radius 1 is 1.14 bits per heavy atom. The van der Waals surface area contributed by atoms with Crippen LogP contribution in [0, 0.1) is 0 Å². The van der Waals surface area contributed by atoms with Crippen LogP contribution < -0.4 is 5.73 Å². The van der Waals surface area contributed by atoms with Gasteiger partial charge in [-0.3, -0.25) is 0 Å². The summed E-state index contributed by atoms with van der Waals surface area (Å²) >= 11 is 15.5. The van der Waals surface area contributed by atoms with Crippen molar-refractivity contribution in [3.05, 3.63) is 61.5 Å². The Balaban J connectivity index is 2.49. The van der Waals surface area contributed by atoms with E-state index in [9.17, 15) is 5.11 Å². The van der Waals surface area contributed by atoms with E-state index in [1.807, 2.05) is 0 Å². The van der Waals surface area contributed by atoms with Gasteiger partial charge in [0.1, 0.15) is 6.10 Å². The molecule has 3 nitrogen and oxygen atoms in total. The third-order valence-corrected chi connectivity index (χ3v) is 4.23. The molecule has 2 rings (SSSR count). The van der Waals surface area contributed by atoms with Crippen molar-refractivity contribution in [2.45, 2.75) is 12.5 Å². The van der Waals surface area contributed by atoms with E-state index in [1.165, 1.54) is 0 Å². The van der Waals surface area contributed by atoms with Crippen molar-refractivity contribution in [2.75, 3.05) is 12.3 Å². The van der Waals surface area contributed by atoms with Crippen molar-refractivity contribution in [3.8, 4) is 0 Å². The third-order valence-electron chi connectivity index (χ3n) is 3.20. The maximum Gasteiger partial charge on any atom is 0.108 e. The zero-order chi connectivity index (χ0) is 15.6. The van der Waals surface area contributed by atoms with E-state index >= 15 is 0 Å². The Kier molecular flexibility index (Phi) is 5.52. The normalized spacial score (nSPS) is 12.4. The molecular weight excluding hydrogens is 377 g/mol. The van der Waals surface area contributed by atoms with Gasteiger partial charge in [0.15, 0.2) is 0 Å². The lowest BCUT2D eigenvalue weighted by atomic mass is 9.96. The lowest BCUT2D eigenvalue weighted by molar-refractivity contribution is 0.221. The summed E-state index contributed by atoms with van der Waals surface area (Å²) in [5.41, 5.74) is 8.22. The van der Waals surface area contributed by atoms with Crippen LogP contribution in [0.1, 0.15) is 22.8 Å². The summed E-state index contributed by atoms with van der Waals surface area (Å²) in [5, 5.41) is 20.5. The van der Waals surface area contributed by atoms with Gasteiger partial charge in [-0.25, -0.2) is 0 Å². The highest BCUT2D eigenvalue weighted by molar-refractivity contribution is 9.10. The average Bonchev–Trinajstić information content (AvgIpc) is 2.42. The molecular formula is C15H14BrCl2NO2. The summed E-state index contributed by atoms with van der Waals surface area (Å²) in [4.78, 5) is 0. The summed E-state index contributed by atoms with van der Waals surface area (Å²) in [7, 11) is 0. The molecule has 0 spiro atoms. The highest BCUT2D eigenvalue weighted by Crippen LogP contribution is 2.35. The Morgan fingerprint density at radius 2 is 1.86 bits per heavy atom. The zero-order valence-corrected chi connectivity index (χ0v) is 14.1. The first-order valence-electron chi connectivity index (χ1n) is 6.25. The number of aliphatic hydroxyl groups excluding tert-OH is 2. The number of nitrogens with two attached hydrogens (primary N) is 1. The minimum Gasteiger partial charge on any atom is -0.398 e. The Hall–Kier alpha value is -0.780. The Bertz CT molecular complexity index is 664. The summed E-state index contributed by atoms with van der Waals surface area (Å²) in [6.45, 7) is -0.0425. The molecule has 0 aliphatic carbocycles. The van der Waals surface area contributed by atoms with Gasteiger partial charge >= 0.3 is 0 Å². The molecule has 0 saturated carbocycles. The van der Waals surface area contributed by atoms with E-state index < -0.39 is 6.10 Å². The summed E-state index contributed by atoms with van der Waals surface area (Å²) in [6.07, 6.45) is -0.609. The van der Waals surface area contributed by atoms with Gasteiger partial charge in [0, 0.05) is 37.9 Å². The second-order valence-electron chi connectivity index (χ2n) is 4.61. The fourth-order valence-corrected chi connectivity index (χ4v) is 3.17. The minimum absolute atomic E-state index is 0.0425. The van der Waals surface area contributed by atoms with Crippen LogP contribution in [-0.4, -0.2) is 16.8 Å². The van der Waals surface area contributed by atoms with E-state index in [2.05, 4.69) is 15.9 Å². The van der Waals surface area contributed by atoms with Crippen LogP contribution in [0.4, 0.5) is 5.69 Å². The van der Waals surface area contributed by atoms with Crippen molar-refractivity contribution in [1.29, 1.82) is 0 Å². The van der Waals surface area contributed by atoms with Crippen LogP contribution >= 0.6 is 39.1 Å². The maximum atomic E-state index is 10.6. The first-order valence-corrected chi connectivity index (χ1v) is 7.80. The number of nitrogen functional groups attached to an aromatic ring is 1. The maximum absolute atomic E-state index is 10.6. The first kappa shape index (κ1) is 16.6. The number of aliphatic hydroxyl groups is 2. The quantitative estimate of drug-likeness (QED) is 0.692. The molecule has 0 aliphatic rings. The second-order valence-corrected chi connectivity index (χ2v) is 6.37. The fraction of sp³-hybridized carbons (Fsp3) is 0.200. The molecule has 0 aliphatic heterocycles. The van der Waals surface area contributed by atoms with Gasteiger partial charge in [-0.15, -0.1) is 0 Å². The topological polar surface area (TPSA) is 66.5 Å². The zero-order valence-electron chi connectivity index (χ0n) is 11.0. The van der Waals surface area contributed by atoms with E-state index in [-0.39, 0.29) is 6.61 Å². The largest absolute Gasteiger partial charge is 0.398 e. The van der Waals surface area contributed by atoms with Crippen LogP contribution in [0.15, 0.2) is 34.8 Å². The molecule has 1 unspecified atom stereocenters. The number of benzene rings is 2. The van der Waals surface area contributed by atoms with Gasteiger partial charge in [-0.1, -0.05) is 45.2 Å². The average molecular weight is 391 g/mol. The highest BCUT2D eigenvalue weighted by atomic mass is 79.9. The van der Waals surface area contributed by atoms with Gasteiger partial charge in [-0.05, 0) is 36.2 Å². The molecule has 0 bridgehead atoms. The monoisotopic (exact) mass is 389 g/mol. The number of anilines is 1. The predicted molar refractivity (Wildman–Crippen MR) is 89.9 cm³/mol. The van der Waals surface area contributed by atoms with E-state index in [1.54, 1.807) is 30.3 Å². The van der Waals surface area contributed by atoms with Crippen LogP contribution in [0.3, 0.4) is 0 Å². The van der Waals surface area contributed by atoms with Crippen LogP contribution in [-0.2, 0) is 6.42 Å². The molecule has 0 heterocycles. The summed E-state index contributed by atoms with van der Waals surface area (Å²) < 4.78 is 0.823. The second kappa shape index (κ2) is 6.99. The van der Waals surface area contributed by atoms with Crippen LogP contribution in [0.5, 0.6) is 0 Å². The molecule has 21 heavy (non-hydrogen) atoms. The smallest absolute Gasteiger partial charge is 0.108 e. The van der Waals surface area contributed by atoms with Crippen molar-refractivity contribution in [2.24, 2.45) is 0 Å². The molecule has 0 radical (unpaired) electrons.